The van der Waals surface area contributed by atoms with Crippen molar-refractivity contribution >= 4 is 17.6 Å². The molecule has 23 heavy (non-hydrogen) atoms. The van der Waals surface area contributed by atoms with Crippen LogP contribution >= 0.6 is 0 Å². The molecule has 8 nitrogen and oxygen atoms in total. The molecule has 8 heteroatoms. The molecule has 2 N–H and O–H groups in total. The van der Waals surface area contributed by atoms with Crippen molar-refractivity contribution in [2.45, 2.75) is 6.10 Å². The summed E-state index contributed by atoms with van der Waals surface area (Å²) in [6.07, 6.45) is 3.27. The predicted molar refractivity (Wildman–Crippen MR) is 87.4 cm³/mol. The Morgan fingerprint density at radius 3 is 3.17 bits per heavy atom. The molecular formula is C15H23N5O3. The van der Waals surface area contributed by atoms with E-state index < -0.39 is 0 Å². The molecule has 0 bridgehead atoms. The van der Waals surface area contributed by atoms with E-state index in [4.69, 9.17) is 9.47 Å². The number of morpholine rings is 1. The average molecular weight is 321 g/mol. The third-order valence-electron chi connectivity index (χ3n) is 3.36. The summed E-state index contributed by atoms with van der Waals surface area (Å²) in [5, 5.41) is 5.84. The topological polar surface area (TPSA) is 88.1 Å². The Morgan fingerprint density at radius 2 is 2.48 bits per heavy atom. The van der Waals surface area contributed by atoms with E-state index in [1.165, 1.54) is 0 Å². The zero-order valence-corrected chi connectivity index (χ0v) is 13.5. The van der Waals surface area contributed by atoms with Gasteiger partial charge in [0.1, 0.15) is 0 Å². The van der Waals surface area contributed by atoms with E-state index in [9.17, 15) is 4.79 Å². The molecule has 2 rings (SSSR count). The summed E-state index contributed by atoms with van der Waals surface area (Å²) in [5.74, 6) is 0.525. The highest BCUT2D eigenvalue weighted by atomic mass is 16.5. The molecule has 126 valence electrons. The maximum atomic E-state index is 12.0. The second-order valence-electron chi connectivity index (χ2n) is 5.08. The Morgan fingerprint density at radius 1 is 1.61 bits per heavy atom. The van der Waals surface area contributed by atoms with Crippen molar-refractivity contribution in [3.05, 3.63) is 24.5 Å². The van der Waals surface area contributed by atoms with Gasteiger partial charge in [-0.3, -0.25) is 14.8 Å². The van der Waals surface area contributed by atoms with Crippen molar-refractivity contribution < 1.29 is 14.3 Å². The van der Waals surface area contributed by atoms with Gasteiger partial charge >= 0.3 is 0 Å². The lowest BCUT2D eigenvalue weighted by atomic mass is 10.3. The van der Waals surface area contributed by atoms with Crippen molar-refractivity contribution in [1.29, 1.82) is 0 Å². The Bertz CT molecular complexity index is 521. The molecule has 0 aromatic carbocycles. The summed E-state index contributed by atoms with van der Waals surface area (Å²) >= 11 is 0. The first-order valence-electron chi connectivity index (χ1n) is 7.49. The zero-order chi connectivity index (χ0) is 16.5. The van der Waals surface area contributed by atoms with Gasteiger partial charge in [-0.1, -0.05) is 0 Å². The summed E-state index contributed by atoms with van der Waals surface area (Å²) in [4.78, 5) is 22.2. The number of anilines is 1. The summed E-state index contributed by atoms with van der Waals surface area (Å²) in [5.41, 5.74) is 0.667. The number of nitrogens with one attached hydrogen (secondary N) is 2. The highest BCUT2D eigenvalue weighted by Gasteiger charge is 2.22. The molecular weight excluding hydrogens is 298 g/mol. The van der Waals surface area contributed by atoms with Gasteiger partial charge in [-0.15, -0.1) is 0 Å². The summed E-state index contributed by atoms with van der Waals surface area (Å²) in [6.45, 7) is 2.68. The number of nitrogens with zero attached hydrogens (tertiary/aromatic N) is 3. The second-order valence-corrected chi connectivity index (χ2v) is 5.08. The molecule has 1 atom stereocenters. The number of carbonyl (C=O) groups is 1. The number of aliphatic imine (C=N–C) groups is 1. The zero-order valence-electron chi connectivity index (χ0n) is 13.5. The minimum atomic E-state index is -0.152. The van der Waals surface area contributed by atoms with Gasteiger partial charge in [0.2, 0.25) is 5.91 Å². The van der Waals surface area contributed by atoms with E-state index in [-0.39, 0.29) is 18.6 Å². The van der Waals surface area contributed by atoms with Crippen molar-refractivity contribution in [2.75, 3.05) is 52.3 Å². The van der Waals surface area contributed by atoms with Gasteiger partial charge in [-0.25, -0.2) is 0 Å². The standard InChI is InChI=1S/C15H23N5O3/c1-16-15(20-6-7-23-13(10-20)11-22-2)18-9-14(21)19-12-4-3-5-17-8-12/h3-5,8,13H,6-7,9-11H2,1-2H3,(H,16,18)(H,19,21). The first-order chi connectivity index (χ1) is 11.2. The molecule has 1 unspecified atom stereocenters. The second kappa shape index (κ2) is 9.06. The van der Waals surface area contributed by atoms with E-state index >= 15 is 0 Å². The molecule has 0 aliphatic carbocycles. The van der Waals surface area contributed by atoms with Crippen LogP contribution in [0, 0.1) is 0 Å². The molecule has 1 amide bonds. The number of methoxy groups -OCH3 is 1. The van der Waals surface area contributed by atoms with Gasteiger partial charge in [0.15, 0.2) is 5.96 Å². The number of carbonyl (C=O) groups excluding carboxylic acids is 1. The van der Waals surface area contributed by atoms with Crippen molar-refractivity contribution in [2.24, 2.45) is 4.99 Å². The Kier molecular flexibility index (Phi) is 6.76. The van der Waals surface area contributed by atoms with Gasteiger partial charge in [0.25, 0.3) is 0 Å². The minimum Gasteiger partial charge on any atom is -0.382 e. The third kappa shape index (κ3) is 5.50. The third-order valence-corrected chi connectivity index (χ3v) is 3.36. The van der Waals surface area contributed by atoms with Crippen LogP contribution in [-0.4, -0.2) is 74.9 Å². The number of hydrogen-bond donors (Lipinski definition) is 2. The molecule has 2 heterocycles. The lowest BCUT2D eigenvalue weighted by molar-refractivity contribution is -0.115. The largest absolute Gasteiger partial charge is 0.382 e. The lowest BCUT2D eigenvalue weighted by Gasteiger charge is -2.34. The fourth-order valence-corrected chi connectivity index (χ4v) is 2.33. The molecule has 0 saturated carbocycles. The fraction of sp³-hybridized carbons (Fsp3) is 0.533. The van der Waals surface area contributed by atoms with E-state index in [2.05, 4.69) is 25.5 Å². The summed E-state index contributed by atoms with van der Waals surface area (Å²) < 4.78 is 10.7. The van der Waals surface area contributed by atoms with E-state index in [1.54, 1.807) is 38.7 Å². The predicted octanol–water partition coefficient (Wildman–Crippen LogP) is -0.0573. The summed E-state index contributed by atoms with van der Waals surface area (Å²) in [6, 6.07) is 3.56. The van der Waals surface area contributed by atoms with Crippen LogP contribution in [0.5, 0.6) is 0 Å². The molecule has 1 saturated heterocycles. The van der Waals surface area contributed by atoms with Crippen LogP contribution < -0.4 is 10.6 Å². The van der Waals surface area contributed by atoms with Crippen LogP contribution in [0.1, 0.15) is 0 Å². The maximum absolute atomic E-state index is 12.0. The van der Waals surface area contributed by atoms with E-state index in [1.807, 2.05) is 0 Å². The van der Waals surface area contributed by atoms with Crippen LogP contribution in [-0.2, 0) is 14.3 Å². The van der Waals surface area contributed by atoms with E-state index in [0.717, 1.165) is 6.54 Å². The quantitative estimate of drug-likeness (QED) is 0.584. The summed E-state index contributed by atoms with van der Waals surface area (Å²) in [7, 11) is 3.35. The maximum Gasteiger partial charge on any atom is 0.243 e. The van der Waals surface area contributed by atoms with Crippen LogP contribution in [0.3, 0.4) is 0 Å². The number of guanidine groups is 1. The monoisotopic (exact) mass is 321 g/mol. The van der Waals surface area contributed by atoms with Crippen molar-refractivity contribution in [3.8, 4) is 0 Å². The smallest absolute Gasteiger partial charge is 0.243 e. The van der Waals surface area contributed by atoms with Crippen molar-refractivity contribution in [3.63, 3.8) is 0 Å². The Labute approximate surface area is 135 Å². The molecule has 1 aromatic rings. The van der Waals surface area contributed by atoms with Crippen LogP contribution in [0.4, 0.5) is 5.69 Å². The van der Waals surface area contributed by atoms with Crippen LogP contribution in [0.2, 0.25) is 0 Å². The normalized spacial score (nSPS) is 18.6. The van der Waals surface area contributed by atoms with Gasteiger partial charge in [-0.2, -0.15) is 0 Å². The van der Waals surface area contributed by atoms with Gasteiger partial charge in [0, 0.05) is 33.4 Å². The molecule has 1 aliphatic rings. The SMILES string of the molecule is CN=C(NCC(=O)Nc1cccnc1)N1CCOC(COC)C1. The molecule has 1 aliphatic heterocycles. The number of pyridine rings is 1. The Hall–Kier alpha value is -2.19. The number of aromatic nitrogens is 1. The highest BCUT2D eigenvalue weighted by molar-refractivity contribution is 5.94. The first-order valence-corrected chi connectivity index (χ1v) is 7.49. The van der Waals surface area contributed by atoms with Gasteiger partial charge < -0.3 is 25.0 Å². The van der Waals surface area contributed by atoms with Crippen LogP contribution in [0.25, 0.3) is 0 Å². The molecule has 0 spiro atoms. The van der Waals surface area contributed by atoms with Gasteiger partial charge in [-0.05, 0) is 12.1 Å². The number of hydrogen-bond acceptors (Lipinski definition) is 5. The van der Waals surface area contributed by atoms with Crippen molar-refractivity contribution in [1.82, 2.24) is 15.2 Å². The first kappa shape index (κ1) is 17.2. The van der Waals surface area contributed by atoms with Crippen LogP contribution in [0.15, 0.2) is 29.5 Å². The number of amides is 1. The molecule has 1 aromatic heterocycles. The number of rotatable bonds is 5. The Balaban J connectivity index is 1.81. The average Bonchev–Trinajstić information content (AvgIpc) is 2.57. The number of ether oxygens (including phenoxy) is 2. The minimum absolute atomic E-state index is 0.0107. The van der Waals surface area contributed by atoms with E-state index in [0.29, 0.717) is 31.4 Å². The highest BCUT2D eigenvalue weighted by Crippen LogP contribution is 2.06. The van der Waals surface area contributed by atoms with Gasteiger partial charge in [0.05, 0.1) is 37.7 Å². The molecule has 1 fully saturated rings. The lowest BCUT2D eigenvalue weighted by Crippen LogP contribution is -2.52. The fourth-order valence-electron chi connectivity index (χ4n) is 2.33. The molecule has 0 radical (unpaired) electrons.